The Balaban J connectivity index is 2.40. The molecule has 2 aromatic heterocycles. The maximum absolute atomic E-state index is 9.16. The maximum atomic E-state index is 9.16. The molecule has 0 fully saturated rings. The van der Waals surface area contributed by atoms with E-state index in [1.807, 2.05) is 13.0 Å². The molecule has 0 spiro atoms. The van der Waals surface area contributed by atoms with E-state index in [0.29, 0.717) is 17.3 Å². The number of nitrogens with zero attached hydrogens (tertiary/aromatic N) is 3. The average molecular weight is 233 g/mol. The van der Waals surface area contributed by atoms with Gasteiger partial charge in [0.05, 0.1) is 18.0 Å². The molecule has 6 heteroatoms. The molecule has 1 atom stereocenters. The molecule has 2 aromatic rings. The third-order valence-corrected chi connectivity index (χ3v) is 2.57. The van der Waals surface area contributed by atoms with Gasteiger partial charge in [0.25, 0.3) is 0 Å². The quantitative estimate of drug-likeness (QED) is 0.722. The van der Waals surface area contributed by atoms with Gasteiger partial charge < -0.3 is 16.2 Å². The Morgan fingerprint density at radius 3 is 2.94 bits per heavy atom. The van der Waals surface area contributed by atoms with Crippen LogP contribution in [0.15, 0.2) is 18.5 Å². The number of rotatable bonds is 4. The number of aliphatic hydroxyl groups excluding tert-OH is 1. The van der Waals surface area contributed by atoms with E-state index in [1.54, 1.807) is 6.07 Å². The molecule has 2 heterocycles. The van der Waals surface area contributed by atoms with Gasteiger partial charge >= 0.3 is 0 Å². The molecule has 0 aliphatic heterocycles. The van der Waals surface area contributed by atoms with E-state index in [2.05, 4.69) is 20.3 Å². The maximum Gasteiger partial charge on any atom is 0.166 e. The van der Waals surface area contributed by atoms with Gasteiger partial charge in [-0.25, -0.2) is 15.0 Å². The Kier molecular flexibility index (Phi) is 3.34. The van der Waals surface area contributed by atoms with Crippen LogP contribution in [0.2, 0.25) is 0 Å². The minimum atomic E-state index is -0.0225. The number of hydrogen-bond acceptors (Lipinski definition) is 6. The minimum Gasteiger partial charge on any atom is -0.394 e. The standard InChI is InChI=1S/C11H15N5O/c1-2-7(5-17)15-10-8-3-4-9(12)16-11(8)14-6-13-10/h3-4,6-7,17H,2,5H2,1H3,(H3,12,13,14,15,16)/t7-/m0/s1. The fourth-order valence-corrected chi connectivity index (χ4v) is 1.54. The fourth-order valence-electron chi connectivity index (χ4n) is 1.54. The second kappa shape index (κ2) is 4.92. The van der Waals surface area contributed by atoms with Gasteiger partial charge in [-0.3, -0.25) is 0 Å². The number of aromatic nitrogens is 3. The van der Waals surface area contributed by atoms with Crippen LogP contribution in [0, 0.1) is 0 Å². The van der Waals surface area contributed by atoms with Gasteiger partial charge in [0.2, 0.25) is 0 Å². The van der Waals surface area contributed by atoms with Crippen molar-refractivity contribution in [1.29, 1.82) is 0 Å². The Morgan fingerprint density at radius 1 is 1.41 bits per heavy atom. The number of anilines is 2. The van der Waals surface area contributed by atoms with Crippen molar-refractivity contribution in [2.75, 3.05) is 17.7 Å². The Bertz CT molecular complexity index is 512. The van der Waals surface area contributed by atoms with Crippen molar-refractivity contribution in [2.24, 2.45) is 0 Å². The summed E-state index contributed by atoms with van der Waals surface area (Å²) in [5.74, 6) is 1.10. The SMILES string of the molecule is CC[C@@H](CO)Nc1ncnc2nc(N)ccc12. The molecule has 0 aliphatic rings. The lowest BCUT2D eigenvalue weighted by Crippen LogP contribution is -2.23. The van der Waals surface area contributed by atoms with Crippen LogP contribution in [0.25, 0.3) is 11.0 Å². The second-order valence-corrected chi connectivity index (χ2v) is 3.76. The molecule has 17 heavy (non-hydrogen) atoms. The molecule has 0 aliphatic carbocycles. The highest BCUT2D eigenvalue weighted by molar-refractivity contribution is 5.87. The molecule has 2 rings (SSSR count). The van der Waals surface area contributed by atoms with Crippen molar-refractivity contribution in [3.63, 3.8) is 0 Å². The van der Waals surface area contributed by atoms with E-state index >= 15 is 0 Å². The van der Waals surface area contributed by atoms with E-state index in [4.69, 9.17) is 10.8 Å². The van der Waals surface area contributed by atoms with Gasteiger partial charge in [-0.1, -0.05) is 6.92 Å². The topological polar surface area (TPSA) is 97.0 Å². The third-order valence-electron chi connectivity index (χ3n) is 2.57. The molecule has 6 nitrogen and oxygen atoms in total. The zero-order chi connectivity index (χ0) is 12.3. The van der Waals surface area contributed by atoms with Crippen molar-refractivity contribution >= 4 is 22.7 Å². The first-order valence-corrected chi connectivity index (χ1v) is 5.49. The summed E-state index contributed by atoms with van der Waals surface area (Å²) in [4.78, 5) is 12.3. The van der Waals surface area contributed by atoms with E-state index in [0.717, 1.165) is 11.8 Å². The number of nitrogen functional groups attached to an aromatic ring is 1. The van der Waals surface area contributed by atoms with Crippen molar-refractivity contribution in [3.8, 4) is 0 Å². The lowest BCUT2D eigenvalue weighted by molar-refractivity contribution is 0.271. The smallest absolute Gasteiger partial charge is 0.166 e. The average Bonchev–Trinajstić information content (AvgIpc) is 2.35. The lowest BCUT2D eigenvalue weighted by Gasteiger charge is -2.15. The zero-order valence-electron chi connectivity index (χ0n) is 9.59. The number of fused-ring (bicyclic) bond motifs is 1. The number of aliphatic hydroxyl groups is 1. The monoisotopic (exact) mass is 233 g/mol. The molecule has 0 saturated heterocycles. The van der Waals surface area contributed by atoms with Crippen molar-refractivity contribution < 1.29 is 5.11 Å². The van der Waals surface area contributed by atoms with Crippen LogP contribution in [0.5, 0.6) is 0 Å². The van der Waals surface area contributed by atoms with Crippen LogP contribution in [-0.2, 0) is 0 Å². The van der Waals surface area contributed by atoms with Crippen LogP contribution in [0.3, 0.4) is 0 Å². The highest BCUT2D eigenvalue weighted by Gasteiger charge is 2.09. The van der Waals surface area contributed by atoms with Crippen LogP contribution in [-0.4, -0.2) is 32.7 Å². The van der Waals surface area contributed by atoms with E-state index in [9.17, 15) is 0 Å². The molecule has 0 bridgehead atoms. The Morgan fingerprint density at radius 2 is 2.24 bits per heavy atom. The van der Waals surface area contributed by atoms with Crippen LogP contribution < -0.4 is 11.1 Å². The largest absolute Gasteiger partial charge is 0.394 e. The zero-order valence-corrected chi connectivity index (χ0v) is 9.59. The summed E-state index contributed by atoms with van der Waals surface area (Å²) < 4.78 is 0. The normalized spacial score (nSPS) is 12.6. The van der Waals surface area contributed by atoms with Crippen LogP contribution in [0.1, 0.15) is 13.3 Å². The number of nitrogens with one attached hydrogen (secondary N) is 1. The number of nitrogens with two attached hydrogens (primary N) is 1. The second-order valence-electron chi connectivity index (χ2n) is 3.76. The molecule has 90 valence electrons. The summed E-state index contributed by atoms with van der Waals surface area (Å²) in [6.07, 6.45) is 2.24. The minimum absolute atomic E-state index is 0.0225. The first-order chi connectivity index (χ1) is 8.24. The van der Waals surface area contributed by atoms with E-state index < -0.39 is 0 Å². The molecule has 0 unspecified atom stereocenters. The highest BCUT2D eigenvalue weighted by Crippen LogP contribution is 2.19. The summed E-state index contributed by atoms with van der Waals surface area (Å²) in [6, 6.07) is 3.51. The lowest BCUT2D eigenvalue weighted by atomic mass is 10.2. The van der Waals surface area contributed by atoms with Crippen molar-refractivity contribution in [2.45, 2.75) is 19.4 Å². The van der Waals surface area contributed by atoms with Gasteiger partial charge in [0, 0.05) is 0 Å². The van der Waals surface area contributed by atoms with Gasteiger partial charge in [0.15, 0.2) is 5.65 Å². The molecular formula is C11H15N5O. The fraction of sp³-hybridized carbons (Fsp3) is 0.364. The summed E-state index contributed by atoms with van der Waals surface area (Å²) in [7, 11) is 0. The first-order valence-electron chi connectivity index (χ1n) is 5.49. The van der Waals surface area contributed by atoms with Gasteiger partial charge in [-0.2, -0.15) is 0 Å². The molecular weight excluding hydrogens is 218 g/mol. The molecule has 0 aromatic carbocycles. The predicted octanol–water partition coefficient (Wildman–Crippen LogP) is 0.790. The van der Waals surface area contributed by atoms with Crippen molar-refractivity contribution in [3.05, 3.63) is 18.5 Å². The predicted molar refractivity (Wildman–Crippen MR) is 66.5 cm³/mol. The summed E-state index contributed by atoms with van der Waals surface area (Å²) in [6.45, 7) is 2.05. The highest BCUT2D eigenvalue weighted by atomic mass is 16.3. The van der Waals surface area contributed by atoms with Gasteiger partial charge in [0.1, 0.15) is 18.0 Å². The first kappa shape index (κ1) is 11.5. The number of hydrogen-bond donors (Lipinski definition) is 3. The van der Waals surface area contributed by atoms with Crippen molar-refractivity contribution in [1.82, 2.24) is 15.0 Å². The molecule has 0 saturated carbocycles. The third kappa shape index (κ3) is 2.42. The van der Waals surface area contributed by atoms with Crippen LogP contribution in [0.4, 0.5) is 11.6 Å². The summed E-state index contributed by atoms with van der Waals surface area (Å²) in [5, 5.41) is 13.1. The molecule has 0 amide bonds. The molecule has 0 radical (unpaired) electrons. The van der Waals surface area contributed by atoms with Crippen LogP contribution >= 0.6 is 0 Å². The Hall–Kier alpha value is -1.95. The van der Waals surface area contributed by atoms with Gasteiger partial charge in [-0.15, -0.1) is 0 Å². The summed E-state index contributed by atoms with van der Waals surface area (Å²) >= 11 is 0. The Labute approximate surface area is 98.9 Å². The summed E-state index contributed by atoms with van der Waals surface area (Å²) in [5.41, 5.74) is 6.15. The number of pyridine rings is 1. The van der Waals surface area contributed by atoms with E-state index in [1.165, 1.54) is 6.33 Å². The van der Waals surface area contributed by atoms with Gasteiger partial charge in [-0.05, 0) is 18.6 Å². The molecule has 4 N–H and O–H groups in total. The van der Waals surface area contributed by atoms with E-state index in [-0.39, 0.29) is 12.6 Å².